The normalized spacial score (nSPS) is 11.0. The van der Waals surface area contributed by atoms with Crippen molar-refractivity contribution in [1.29, 1.82) is 0 Å². The van der Waals surface area contributed by atoms with Gasteiger partial charge in [0.05, 0.1) is 11.0 Å². The molecule has 4 rings (SSSR count). The summed E-state index contributed by atoms with van der Waals surface area (Å²) in [5.74, 6) is -0.288. The summed E-state index contributed by atoms with van der Waals surface area (Å²) in [6.07, 6.45) is 0.684. The van der Waals surface area contributed by atoms with E-state index in [1.165, 1.54) is 0 Å². The number of carbonyl (C=O) groups is 1. The zero-order chi connectivity index (χ0) is 19.0. The van der Waals surface area contributed by atoms with E-state index in [-0.39, 0.29) is 11.5 Å². The highest BCUT2D eigenvalue weighted by molar-refractivity contribution is 6.05. The Kier molecular flexibility index (Phi) is 4.20. The Morgan fingerprint density at radius 3 is 2.74 bits per heavy atom. The lowest BCUT2D eigenvalue weighted by Crippen LogP contribution is -2.15. The third-order valence-corrected chi connectivity index (χ3v) is 4.84. The SMILES string of the molecule is CCc1c(C)c2ccc(NC(=O)c3ccc4ccccc4n3)cc2[nH]c1=O. The fourth-order valence-corrected chi connectivity index (χ4v) is 3.40. The van der Waals surface area contributed by atoms with Crippen LogP contribution in [0.15, 0.2) is 59.4 Å². The highest BCUT2D eigenvalue weighted by atomic mass is 16.2. The Bertz CT molecular complexity index is 1240. The lowest BCUT2D eigenvalue weighted by atomic mass is 10.0. The molecule has 1 amide bonds. The number of H-pyrrole nitrogens is 1. The van der Waals surface area contributed by atoms with Crippen LogP contribution in [-0.4, -0.2) is 15.9 Å². The zero-order valence-electron chi connectivity index (χ0n) is 15.2. The first kappa shape index (κ1) is 17.0. The van der Waals surface area contributed by atoms with Crippen LogP contribution in [0, 0.1) is 6.92 Å². The maximum Gasteiger partial charge on any atom is 0.274 e. The Balaban J connectivity index is 1.67. The summed E-state index contributed by atoms with van der Waals surface area (Å²) in [6, 6.07) is 16.8. The molecule has 0 unspecified atom stereocenters. The second-order valence-corrected chi connectivity index (χ2v) is 6.51. The van der Waals surface area contributed by atoms with Crippen LogP contribution in [0.25, 0.3) is 21.8 Å². The Labute approximate surface area is 156 Å². The lowest BCUT2D eigenvalue weighted by molar-refractivity contribution is 0.102. The molecule has 27 heavy (non-hydrogen) atoms. The van der Waals surface area contributed by atoms with Crippen LogP contribution in [0.3, 0.4) is 0 Å². The first-order chi connectivity index (χ1) is 13.1. The Morgan fingerprint density at radius 2 is 1.93 bits per heavy atom. The van der Waals surface area contributed by atoms with E-state index in [0.29, 0.717) is 23.3 Å². The number of amides is 1. The van der Waals surface area contributed by atoms with Gasteiger partial charge in [-0.25, -0.2) is 4.98 Å². The number of aromatic nitrogens is 2. The summed E-state index contributed by atoms with van der Waals surface area (Å²) in [4.78, 5) is 32.1. The molecule has 5 nitrogen and oxygen atoms in total. The van der Waals surface area contributed by atoms with Crippen molar-refractivity contribution >= 4 is 33.4 Å². The van der Waals surface area contributed by atoms with E-state index in [1.807, 2.05) is 56.3 Å². The summed E-state index contributed by atoms with van der Waals surface area (Å²) >= 11 is 0. The molecule has 5 heteroatoms. The number of aryl methyl sites for hydroxylation is 1. The predicted molar refractivity (Wildman–Crippen MR) is 108 cm³/mol. The molecule has 0 aliphatic heterocycles. The Hall–Kier alpha value is -3.47. The first-order valence-electron chi connectivity index (χ1n) is 8.89. The van der Waals surface area contributed by atoms with Crippen molar-refractivity contribution in [2.24, 2.45) is 0 Å². The van der Waals surface area contributed by atoms with Crippen molar-refractivity contribution in [3.05, 3.63) is 81.8 Å². The van der Waals surface area contributed by atoms with Gasteiger partial charge < -0.3 is 10.3 Å². The molecular weight excluding hydrogens is 338 g/mol. The van der Waals surface area contributed by atoms with Crippen LogP contribution >= 0.6 is 0 Å². The number of benzene rings is 2. The summed E-state index contributed by atoms with van der Waals surface area (Å²) in [7, 11) is 0. The minimum atomic E-state index is -0.288. The Morgan fingerprint density at radius 1 is 1.11 bits per heavy atom. The number of hydrogen-bond donors (Lipinski definition) is 2. The maximum atomic E-state index is 12.6. The van der Waals surface area contributed by atoms with E-state index in [4.69, 9.17) is 0 Å². The maximum absolute atomic E-state index is 12.6. The molecule has 0 bridgehead atoms. The van der Waals surface area contributed by atoms with Crippen molar-refractivity contribution in [1.82, 2.24) is 9.97 Å². The molecule has 4 aromatic rings. The standard InChI is InChI=1S/C22H19N3O2/c1-3-16-13(2)17-10-9-15(12-20(17)25-21(16)26)23-22(27)19-11-8-14-6-4-5-7-18(14)24-19/h4-12H,3H2,1-2H3,(H,23,27)(H,25,26). The number of nitrogens with zero attached hydrogens (tertiary/aromatic N) is 1. The largest absolute Gasteiger partial charge is 0.322 e. The number of aromatic amines is 1. The molecular formula is C22H19N3O2. The minimum Gasteiger partial charge on any atom is -0.322 e. The molecule has 2 aromatic heterocycles. The number of nitrogens with one attached hydrogen (secondary N) is 2. The van der Waals surface area contributed by atoms with Crippen LogP contribution in [0.1, 0.15) is 28.5 Å². The highest BCUT2D eigenvalue weighted by Gasteiger charge is 2.11. The number of pyridine rings is 2. The van der Waals surface area contributed by atoms with Crippen molar-refractivity contribution in [3.8, 4) is 0 Å². The van der Waals surface area contributed by atoms with Gasteiger partial charge in [0.1, 0.15) is 5.69 Å². The van der Waals surface area contributed by atoms with Gasteiger partial charge in [-0.15, -0.1) is 0 Å². The average molecular weight is 357 g/mol. The first-order valence-corrected chi connectivity index (χ1v) is 8.89. The predicted octanol–water partition coefficient (Wildman–Crippen LogP) is 4.20. The number of rotatable bonds is 3. The van der Waals surface area contributed by atoms with E-state index in [0.717, 1.165) is 27.4 Å². The molecule has 0 aliphatic carbocycles. The molecule has 0 saturated heterocycles. The van der Waals surface area contributed by atoms with Gasteiger partial charge in [-0.05, 0) is 43.2 Å². The zero-order valence-corrected chi connectivity index (χ0v) is 15.2. The molecule has 0 aliphatic rings. The second kappa shape index (κ2) is 6.68. The summed E-state index contributed by atoms with van der Waals surface area (Å²) < 4.78 is 0. The van der Waals surface area contributed by atoms with Gasteiger partial charge in [0, 0.05) is 22.0 Å². The van der Waals surface area contributed by atoms with Gasteiger partial charge in [0.15, 0.2) is 0 Å². The molecule has 0 atom stereocenters. The third kappa shape index (κ3) is 3.08. The van der Waals surface area contributed by atoms with Crippen molar-refractivity contribution in [2.45, 2.75) is 20.3 Å². The van der Waals surface area contributed by atoms with Crippen molar-refractivity contribution in [2.75, 3.05) is 5.32 Å². The van der Waals surface area contributed by atoms with Crippen LogP contribution in [0.2, 0.25) is 0 Å². The number of hydrogen-bond acceptors (Lipinski definition) is 3. The molecule has 0 fully saturated rings. The van der Waals surface area contributed by atoms with E-state index < -0.39 is 0 Å². The van der Waals surface area contributed by atoms with Gasteiger partial charge in [-0.1, -0.05) is 37.3 Å². The highest BCUT2D eigenvalue weighted by Crippen LogP contribution is 2.22. The fraction of sp³-hybridized carbons (Fsp3) is 0.136. The number of para-hydroxylation sites is 1. The molecule has 2 heterocycles. The van der Waals surface area contributed by atoms with E-state index in [2.05, 4.69) is 15.3 Å². The van der Waals surface area contributed by atoms with Crippen molar-refractivity contribution in [3.63, 3.8) is 0 Å². The third-order valence-electron chi connectivity index (χ3n) is 4.84. The fourth-order valence-electron chi connectivity index (χ4n) is 3.40. The lowest BCUT2D eigenvalue weighted by Gasteiger charge is -2.10. The summed E-state index contributed by atoms with van der Waals surface area (Å²) in [6.45, 7) is 3.92. The number of carbonyl (C=O) groups excluding carboxylic acids is 1. The molecule has 0 radical (unpaired) electrons. The van der Waals surface area contributed by atoms with Gasteiger partial charge in [-0.3, -0.25) is 9.59 Å². The van der Waals surface area contributed by atoms with Gasteiger partial charge in [0.2, 0.25) is 0 Å². The van der Waals surface area contributed by atoms with Crippen LogP contribution in [-0.2, 0) is 6.42 Å². The van der Waals surface area contributed by atoms with E-state index >= 15 is 0 Å². The van der Waals surface area contributed by atoms with Crippen LogP contribution < -0.4 is 10.9 Å². The molecule has 0 spiro atoms. The van der Waals surface area contributed by atoms with Crippen molar-refractivity contribution < 1.29 is 4.79 Å². The molecule has 2 aromatic carbocycles. The molecule has 134 valence electrons. The monoisotopic (exact) mass is 357 g/mol. The average Bonchev–Trinajstić information content (AvgIpc) is 2.67. The smallest absolute Gasteiger partial charge is 0.274 e. The van der Waals surface area contributed by atoms with Crippen LogP contribution in [0.4, 0.5) is 5.69 Å². The number of fused-ring (bicyclic) bond motifs is 2. The van der Waals surface area contributed by atoms with E-state index in [9.17, 15) is 9.59 Å². The summed E-state index contributed by atoms with van der Waals surface area (Å²) in [5, 5.41) is 4.82. The van der Waals surface area contributed by atoms with Gasteiger partial charge >= 0.3 is 0 Å². The summed E-state index contributed by atoms with van der Waals surface area (Å²) in [5.41, 5.74) is 4.13. The number of anilines is 1. The molecule has 0 saturated carbocycles. The molecule has 2 N–H and O–H groups in total. The van der Waals surface area contributed by atoms with Gasteiger partial charge in [-0.2, -0.15) is 0 Å². The second-order valence-electron chi connectivity index (χ2n) is 6.51. The van der Waals surface area contributed by atoms with Crippen LogP contribution in [0.5, 0.6) is 0 Å². The van der Waals surface area contributed by atoms with Gasteiger partial charge in [0.25, 0.3) is 11.5 Å². The topological polar surface area (TPSA) is 74.8 Å². The van der Waals surface area contributed by atoms with E-state index in [1.54, 1.807) is 12.1 Å². The quantitative estimate of drug-likeness (QED) is 0.577. The minimum absolute atomic E-state index is 0.0813.